The van der Waals surface area contributed by atoms with Crippen LogP contribution in [0, 0.1) is 12.3 Å². The third kappa shape index (κ3) is 3.64. The highest BCUT2D eigenvalue weighted by molar-refractivity contribution is 7.89. The normalized spacial score (nSPS) is 20.0. The van der Waals surface area contributed by atoms with Crippen molar-refractivity contribution < 1.29 is 13.5 Å². The topological polar surface area (TPSA) is 107 Å². The zero-order valence-corrected chi connectivity index (χ0v) is 21.5. The quantitative estimate of drug-likeness (QED) is 0.427. The Morgan fingerprint density at radius 1 is 0.842 bits per heavy atom. The number of aliphatic hydroxyl groups is 1. The molecule has 0 unspecified atom stereocenters. The van der Waals surface area contributed by atoms with Gasteiger partial charge in [-0.25, -0.2) is 31.9 Å². The van der Waals surface area contributed by atoms with Crippen LogP contribution in [0.3, 0.4) is 0 Å². The highest BCUT2D eigenvalue weighted by Gasteiger charge is 2.54. The molecule has 1 N–H and O–H groups in total. The van der Waals surface area contributed by atoms with Gasteiger partial charge in [-0.2, -0.15) is 4.31 Å². The van der Waals surface area contributed by atoms with Gasteiger partial charge in [-0.3, -0.25) is 0 Å². The fourth-order valence-corrected chi connectivity index (χ4v) is 6.94. The molecule has 3 aromatic carbocycles. The van der Waals surface area contributed by atoms with E-state index in [2.05, 4.69) is 0 Å². The predicted molar refractivity (Wildman–Crippen MR) is 142 cm³/mol. The van der Waals surface area contributed by atoms with Gasteiger partial charge in [0.15, 0.2) is 0 Å². The monoisotopic (exact) mass is 530 g/mol. The molecule has 2 aliphatic heterocycles. The lowest BCUT2D eigenvalue weighted by Crippen LogP contribution is -2.45. The summed E-state index contributed by atoms with van der Waals surface area (Å²) in [5.41, 5.74) is 0.259. The summed E-state index contributed by atoms with van der Waals surface area (Å²) in [5, 5.41) is 11.7. The number of hydrogen-bond acceptors (Lipinski definition) is 5. The van der Waals surface area contributed by atoms with Crippen molar-refractivity contribution in [1.82, 2.24) is 18.2 Å². The Morgan fingerprint density at radius 3 is 2.13 bits per heavy atom. The van der Waals surface area contributed by atoms with E-state index in [1.165, 1.54) is 19.9 Å². The van der Waals surface area contributed by atoms with Gasteiger partial charge in [-0.15, -0.1) is 0 Å². The minimum absolute atomic E-state index is 0.0166. The molecule has 1 aromatic heterocycles. The SMILES string of the molecule is Cc1ccc(S(=O)(=O)N2CC3=Cn4c(=O)n(-c5ccccc5)c(=O)n4C[C@@]3([C@@H](O)c3ccccc3)C2)cc1. The van der Waals surface area contributed by atoms with Crippen LogP contribution in [0.25, 0.3) is 11.9 Å². The van der Waals surface area contributed by atoms with E-state index in [0.717, 1.165) is 10.1 Å². The molecule has 1 fully saturated rings. The molecule has 3 heterocycles. The Balaban J connectivity index is 1.50. The molecule has 0 bridgehead atoms. The highest BCUT2D eigenvalue weighted by Crippen LogP contribution is 2.49. The predicted octanol–water partition coefficient (Wildman–Crippen LogP) is 2.39. The third-order valence-electron chi connectivity index (χ3n) is 7.53. The fraction of sp³-hybridized carbons (Fsp3) is 0.214. The molecular weight excluding hydrogens is 504 g/mol. The minimum atomic E-state index is -3.91. The zero-order valence-electron chi connectivity index (χ0n) is 20.6. The molecule has 0 saturated carbocycles. The van der Waals surface area contributed by atoms with Crippen molar-refractivity contribution in [3.63, 3.8) is 0 Å². The Labute approximate surface area is 219 Å². The second-order valence-corrected chi connectivity index (χ2v) is 11.8. The van der Waals surface area contributed by atoms with Crippen LogP contribution in [0.2, 0.25) is 0 Å². The maximum Gasteiger partial charge on any atom is 0.356 e. The van der Waals surface area contributed by atoms with Crippen LogP contribution in [-0.2, 0) is 16.6 Å². The van der Waals surface area contributed by atoms with Gasteiger partial charge in [0.25, 0.3) is 0 Å². The Kier molecular flexibility index (Phi) is 5.64. The number of rotatable bonds is 5. The molecule has 38 heavy (non-hydrogen) atoms. The van der Waals surface area contributed by atoms with E-state index in [-0.39, 0.29) is 24.5 Å². The van der Waals surface area contributed by atoms with Gasteiger partial charge < -0.3 is 5.11 Å². The summed E-state index contributed by atoms with van der Waals surface area (Å²) < 4.78 is 32.2. The van der Waals surface area contributed by atoms with E-state index in [1.54, 1.807) is 78.9 Å². The average molecular weight is 531 g/mol. The van der Waals surface area contributed by atoms with Crippen molar-refractivity contribution in [2.24, 2.45) is 5.41 Å². The zero-order chi connectivity index (χ0) is 26.7. The summed E-state index contributed by atoms with van der Waals surface area (Å²) in [6, 6.07) is 24.2. The van der Waals surface area contributed by atoms with Crippen molar-refractivity contribution in [1.29, 1.82) is 0 Å². The molecule has 9 nitrogen and oxygen atoms in total. The molecule has 6 rings (SSSR count). The Bertz CT molecular complexity index is 1770. The average Bonchev–Trinajstić information content (AvgIpc) is 3.44. The Morgan fingerprint density at radius 2 is 1.47 bits per heavy atom. The number of hydrogen-bond donors (Lipinski definition) is 1. The molecule has 2 aliphatic rings. The van der Waals surface area contributed by atoms with E-state index in [1.807, 2.05) is 13.0 Å². The standard InChI is InChI=1S/C28H26N4O5S/c1-20-12-14-24(15-13-20)38(36,37)29-16-22-17-30-26(34)32(23-10-6-3-7-11-23)27(35)31(30)19-28(22,18-29)25(33)21-8-4-2-5-9-21/h2-15,17,25,33H,16,18-19H2,1H3/t25-,28-/m0/s1. The first-order chi connectivity index (χ1) is 18.2. The van der Waals surface area contributed by atoms with Crippen molar-refractivity contribution in [2.45, 2.75) is 24.5 Å². The molecule has 194 valence electrons. The van der Waals surface area contributed by atoms with Crippen LogP contribution in [0.1, 0.15) is 17.2 Å². The number of aliphatic hydroxyl groups excluding tert-OH is 1. The van der Waals surface area contributed by atoms with Crippen LogP contribution in [0.5, 0.6) is 0 Å². The van der Waals surface area contributed by atoms with E-state index in [9.17, 15) is 23.1 Å². The van der Waals surface area contributed by atoms with Crippen LogP contribution >= 0.6 is 0 Å². The third-order valence-corrected chi connectivity index (χ3v) is 9.33. The van der Waals surface area contributed by atoms with Crippen molar-refractivity contribution in [2.75, 3.05) is 13.1 Å². The number of para-hydroxylation sites is 1. The maximum absolute atomic E-state index is 13.7. The molecule has 0 radical (unpaired) electrons. The van der Waals surface area contributed by atoms with E-state index in [4.69, 9.17) is 0 Å². The van der Waals surface area contributed by atoms with Gasteiger partial charge in [-0.05, 0) is 42.3 Å². The number of aryl methyl sites for hydroxylation is 1. The second-order valence-electron chi connectivity index (χ2n) is 9.85. The number of sulfonamides is 1. The van der Waals surface area contributed by atoms with E-state index in [0.29, 0.717) is 16.8 Å². The highest BCUT2D eigenvalue weighted by atomic mass is 32.2. The molecule has 0 spiro atoms. The lowest BCUT2D eigenvalue weighted by atomic mass is 9.74. The number of benzene rings is 3. The largest absolute Gasteiger partial charge is 0.387 e. The van der Waals surface area contributed by atoms with Crippen molar-refractivity contribution in [3.05, 3.63) is 123 Å². The summed E-state index contributed by atoms with van der Waals surface area (Å²) in [4.78, 5) is 27.0. The van der Waals surface area contributed by atoms with Gasteiger partial charge >= 0.3 is 11.4 Å². The first-order valence-corrected chi connectivity index (χ1v) is 13.7. The van der Waals surface area contributed by atoms with Crippen molar-refractivity contribution in [3.8, 4) is 5.69 Å². The number of nitrogens with zero attached hydrogens (tertiary/aromatic N) is 4. The van der Waals surface area contributed by atoms with Crippen LogP contribution < -0.4 is 11.4 Å². The second kappa shape index (κ2) is 8.80. The summed E-state index contributed by atoms with van der Waals surface area (Å²) in [6.07, 6.45) is 0.396. The lowest BCUT2D eigenvalue weighted by Gasteiger charge is -2.38. The van der Waals surface area contributed by atoms with Gasteiger partial charge in [0.05, 0.1) is 28.6 Å². The lowest BCUT2D eigenvalue weighted by molar-refractivity contribution is 0.0359. The molecule has 2 atom stereocenters. The van der Waals surface area contributed by atoms with Gasteiger partial charge in [0.2, 0.25) is 10.0 Å². The summed E-state index contributed by atoms with van der Waals surface area (Å²) in [5.74, 6) is 0. The van der Waals surface area contributed by atoms with Gasteiger partial charge in [0.1, 0.15) is 0 Å². The summed E-state index contributed by atoms with van der Waals surface area (Å²) in [7, 11) is -3.91. The van der Waals surface area contributed by atoms with E-state index < -0.39 is 32.9 Å². The summed E-state index contributed by atoms with van der Waals surface area (Å²) in [6.45, 7) is 1.74. The van der Waals surface area contributed by atoms with E-state index >= 15 is 0 Å². The first-order valence-electron chi connectivity index (χ1n) is 12.2. The van der Waals surface area contributed by atoms with Crippen LogP contribution in [0.15, 0.2) is 105 Å². The molecule has 10 heteroatoms. The maximum atomic E-state index is 13.7. The van der Waals surface area contributed by atoms with Crippen molar-refractivity contribution >= 4 is 16.2 Å². The van der Waals surface area contributed by atoms with Crippen LogP contribution in [-0.4, -0.2) is 44.8 Å². The van der Waals surface area contributed by atoms with Gasteiger partial charge in [-0.1, -0.05) is 66.2 Å². The smallest absolute Gasteiger partial charge is 0.356 e. The Hall–Kier alpha value is -3.99. The van der Waals surface area contributed by atoms with Gasteiger partial charge in [0, 0.05) is 19.3 Å². The molecule has 1 saturated heterocycles. The number of aromatic nitrogens is 3. The molecule has 4 aromatic rings. The summed E-state index contributed by atoms with van der Waals surface area (Å²) >= 11 is 0. The molecule has 0 amide bonds. The molecule has 0 aliphatic carbocycles. The first kappa shape index (κ1) is 24.4. The number of fused-ring (bicyclic) bond motifs is 2. The molecular formula is C28H26N4O5S. The fourth-order valence-electron chi connectivity index (χ4n) is 5.45. The minimum Gasteiger partial charge on any atom is -0.387 e. The van der Waals surface area contributed by atoms with Crippen LogP contribution in [0.4, 0.5) is 0 Å².